The molecule has 2 aromatic rings. The van der Waals surface area contributed by atoms with E-state index in [0.717, 1.165) is 40.7 Å². The molecule has 6 nitrogen and oxygen atoms in total. The van der Waals surface area contributed by atoms with Crippen molar-refractivity contribution in [2.75, 3.05) is 13.1 Å². The van der Waals surface area contributed by atoms with Crippen LogP contribution >= 0.6 is 15.9 Å². The monoisotopic (exact) mass is 551 g/mol. The Balaban J connectivity index is 1.30. The third kappa shape index (κ3) is 3.11. The first kappa shape index (κ1) is 22.8. The Morgan fingerprint density at radius 2 is 2.03 bits per heavy atom. The van der Waals surface area contributed by atoms with E-state index < -0.39 is 17.1 Å². The van der Waals surface area contributed by atoms with E-state index in [4.69, 9.17) is 9.47 Å². The van der Waals surface area contributed by atoms with E-state index in [9.17, 15) is 14.7 Å². The van der Waals surface area contributed by atoms with Crippen molar-refractivity contribution < 1.29 is 24.2 Å². The second kappa shape index (κ2) is 8.06. The molecule has 2 saturated carbocycles. The molecule has 7 heteroatoms. The summed E-state index contributed by atoms with van der Waals surface area (Å²) in [5.41, 5.74) is 1.53. The summed E-state index contributed by atoms with van der Waals surface area (Å²) in [4.78, 5) is 29.4. The van der Waals surface area contributed by atoms with E-state index in [0.29, 0.717) is 37.4 Å². The molecule has 2 bridgehead atoms. The van der Waals surface area contributed by atoms with Gasteiger partial charge in [0.1, 0.15) is 5.60 Å². The number of ether oxygens (including phenoxy) is 2. The van der Waals surface area contributed by atoms with Gasteiger partial charge in [0.2, 0.25) is 0 Å². The van der Waals surface area contributed by atoms with Crippen LogP contribution in [0.2, 0.25) is 0 Å². The van der Waals surface area contributed by atoms with E-state index in [2.05, 4.69) is 20.8 Å². The van der Waals surface area contributed by atoms with Crippen LogP contribution in [0.1, 0.15) is 55.2 Å². The maximum absolute atomic E-state index is 13.6. The number of aromatic hydroxyl groups is 1. The number of aryl methyl sites for hydroxylation is 1. The first-order valence-corrected chi connectivity index (χ1v) is 14.0. The van der Waals surface area contributed by atoms with Gasteiger partial charge in [-0.15, -0.1) is 0 Å². The number of carbonyl (C=O) groups excluding carboxylic acids is 2. The van der Waals surface area contributed by atoms with Crippen molar-refractivity contribution in [1.29, 1.82) is 0 Å². The molecule has 3 aliphatic carbocycles. The first-order chi connectivity index (χ1) is 17.4. The number of nitrogens with zero attached hydrogens (tertiary/aromatic N) is 1. The molecule has 0 amide bonds. The molecule has 1 N–H and O–H groups in total. The first-order valence-electron chi connectivity index (χ1n) is 13.2. The smallest absolute Gasteiger partial charge is 0.306 e. The van der Waals surface area contributed by atoms with Gasteiger partial charge in [0.25, 0.3) is 0 Å². The van der Waals surface area contributed by atoms with Gasteiger partial charge in [0.15, 0.2) is 23.4 Å². The zero-order valence-corrected chi connectivity index (χ0v) is 21.8. The van der Waals surface area contributed by atoms with E-state index in [-0.39, 0.29) is 30.0 Å². The summed E-state index contributed by atoms with van der Waals surface area (Å²) in [5, 5.41) is 10.7. The SMILES string of the molecule is O=C(CCc1ccccc1Br)O[C@@]12CCC(=O)[C@@H]3Oc4c(O)ccc5c4[C@@]31CCN(CC1CC1)C2C5. The summed E-state index contributed by atoms with van der Waals surface area (Å²) in [7, 11) is 0. The number of esters is 1. The second-order valence-corrected chi connectivity index (χ2v) is 12.1. The molecule has 2 aliphatic heterocycles. The number of likely N-dealkylation sites (tertiary alicyclic amines) is 1. The molecule has 0 aromatic heterocycles. The highest BCUT2D eigenvalue weighted by Crippen LogP contribution is 2.66. The van der Waals surface area contributed by atoms with Crippen molar-refractivity contribution in [2.45, 2.75) is 74.5 Å². The minimum atomic E-state index is -0.838. The molecule has 5 aliphatic rings. The van der Waals surface area contributed by atoms with Crippen LogP contribution in [0.3, 0.4) is 0 Å². The molecule has 188 valence electrons. The average Bonchev–Trinajstić information content (AvgIpc) is 3.60. The Bertz CT molecular complexity index is 1270. The van der Waals surface area contributed by atoms with Crippen LogP contribution in [0.15, 0.2) is 40.9 Å². The zero-order chi connectivity index (χ0) is 24.7. The highest BCUT2D eigenvalue weighted by molar-refractivity contribution is 9.10. The number of rotatable bonds is 6. The number of halogens is 1. The lowest BCUT2D eigenvalue weighted by Gasteiger charge is -2.63. The van der Waals surface area contributed by atoms with Crippen molar-refractivity contribution >= 4 is 27.7 Å². The predicted molar refractivity (Wildman–Crippen MR) is 136 cm³/mol. The largest absolute Gasteiger partial charge is 0.504 e. The van der Waals surface area contributed by atoms with Gasteiger partial charge in [-0.25, -0.2) is 0 Å². The van der Waals surface area contributed by atoms with E-state index in [1.807, 2.05) is 30.3 Å². The number of ketones is 1. The molecular formula is C29H30BrNO5. The highest BCUT2D eigenvalue weighted by Gasteiger charge is 2.75. The lowest BCUT2D eigenvalue weighted by molar-refractivity contribution is -0.216. The molecule has 1 spiro atoms. The van der Waals surface area contributed by atoms with Crippen molar-refractivity contribution in [1.82, 2.24) is 4.90 Å². The molecular weight excluding hydrogens is 522 g/mol. The summed E-state index contributed by atoms with van der Waals surface area (Å²) in [5.74, 6) is 1.02. The Labute approximate surface area is 219 Å². The lowest BCUT2D eigenvalue weighted by Crippen LogP contribution is -2.77. The predicted octanol–water partition coefficient (Wildman–Crippen LogP) is 4.47. The molecule has 2 aromatic carbocycles. The number of Topliss-reactive ketones (excluding diaryl/α,β-unsaturated/α-hetero) is 1. The molecule has 3 fully saturated rings. The second-order valence-electron chi connectivity index (χ2n) is 11.2. The van der Waals surface area contributed by atoms with Crippen molar-refractivity contribution in [3.05, 3.63) is 57.6 Å². The van der Waals surface area contributed by atoms with Crippen LogP contribution in [-0.2, 0) is 32.6 Å². The number of hydrogen-bond donors (Lipinski definition) is 1. The van der Waals surface area contributed by atoms with Gasteiger partial charge in [-0.1, -0.05) is 40.2 Å². The molecule has 2 heterocycles. The van der Waals surface area contributed by atoms with Crippen molar-refractivity contribution in [3.8, 4) is 11.5 Å². The van der Waals surface area contributed by atoms with Gasteiger partial charge in [-0.05, 0) is 74.2 Å². The molecule has 4 atom stereocenters. The van der Waals surface area contributed by atoms with Gasteiger partial charge < -0.3 is 14.6 Å². The van der Waals surface area contributed by atoms with Crippen molar-refractivity contribution in [2.24, 2.45) is 5.92 Å². The van der Waals surface area contributed by atoms with Crippen LogP contribution in [0.4, 0.5) is 0 Å². The van der Waals surface area contributed by atoms with Crippen LogP contribution in [0, 0.1) is 5.92 Å². The zero-order valence-electron chi connectivity index (χ0n) is 20.2. The van der Waals surface area contributed by atoms with E-state index >= 15 is 0 Å². The minimum absolute atomic E-state index is 0.00135. The fourth-order valence-corrected chi connectivity index (χ4v) is 8.12. The van der Waals surface area contributed by atoms with Gasteiger partial charge in [-0.3, -0.25) is 14.5 Å². The Morgan fingerprint density at radius 1 is 1.19 bits per heavy atom. The van der Waals surface area contributed by atoms with Gasteiger partial charge >= 0.3 is 5.97 Å². The van der Waals surface area contributed by atoms with Crippen LogP contribution in [0.25, 0.3) is 0 Å². The molecule has 7 rings (SSSR count). The minimum Gasteiger partial charge on any atom is -0.504 e. The van der Waals surface area contributed by atoms with E-state index in [1.165, 1.54) is 12.8 Å². The number of hydrogen-bond acceptors (Lipinski definition) is 6. The number of carbonyl (C=O) groups is 2. The van der Waals surface area contributed by atoms with Crippen LogP contribution in [0.5, 0.6) is 11.5 Å². The summed E-state index contributed by atoms with van der Waals surface area (Å²) in [6.45, 7) is 1.86. The maximum atomic E-state index is 13.6. The third-order valence-corrected chi connectivity index (χ3v) is 10.1. The fraction of sp³-hybridized carbons (Fsp3) is 0.517. The maximum Gasteiger partial charge on any atom is 0.306 e. The number of phenols is 1. The molecule has 36 heavy (non-hydrogen) atoms. The summed E-state index contributed by atoms with van der Waals surface area (Å²) < 4.78 is 13.9. The van der Waals surface area contributed by atoms with Gasteiger partial charge in [0.05, 0.1) is 11.5 Å². The van der Waals surface area contributed by atoms with Crippen LogP contribution < -0.4 is 4.74 Å². The standard InChI is InChI=1S/C29H30BrNO5/c30-20-4-2-1-3-18(20)8-10-24(34)36-29-12-11-22(33)27-28(29)13-14-31(16-17-5-6-17)23(29)15-19-7-9-21(32)26(35-27)25(19)28/h1-4,7,9,17,23,27,32H,5-6,8,10-16H2/t23?,27-,28-,29+/m0/s1. The summed E-state index contributed by atoms with van der Waals surface area (Å²) >= 11 is 3.58. The Kier molecular flexibility index (Phi) is 5.10. The lowest BCUT2D eigenvalue weighted by atomic mass is 9.48. The Morgan fingerprint density at radius 3 is 2.83 bits per heavy atom. The molecule has 1 saturated heterocycles. The average molecular weight is 552 g/mol. The quantitative estimate of drug-likeness (QED) is 0.534. The van der Waals surface area contributed by atoms with Crippen molar-refractivity contribution in [3.63, 3.8) is 0 Å². The van der Waals surface area contributed by atoms with Gasteiger partial charge in [-0.2, -0.15) is 0 Å². The molecule has 0 radical (unpaired) electrons. The number of piperidine rings is 1. The third-order valence-electron chi connectivity index (χ3n) is 9.37. The van der Waals surface area contributed by atoms with Crippen LogP contribution in [-0.4, -0.2) is 52.6 Å². The summed E-state index contributed by atoms with van der Waals surface area (Å²) in [6, 6.07) is 11.6. The highest BCUT2D eigenvalue weighted by atomic mass is 79.9. The normalized spacial score (nSPS) is 32.1. The van der Waals surface area contributed by atoms with E-state index in [1.54, 1.807) is 6.07 Å². The summed E-state index contributed by atoms with van der Waals surface area (Å²) in [6.07, 6.45) is 4.91. The van der Waals surface area contributed by atoms with Gasteiger partial charge in [0, 0.05) is 29.4 Å². The molecule has 1 unspecified atom stereocenters. The Hall–Kier alpha value is -2.38. The topological polar surface area (TPSA) is 76.1 Å². The number of phenolic OH excluding ortho intramolecular Hbond substituents is 1. The number of benzene rings is 2. The fourth-order valence-electron chi connectivity index (χ4n) is 7.63.